The second-order valence-electron chi connectivity index (χ2n) is 8.18. The van der Waals surface area contributed by atoms with E-state index >= 15 is 0 Å². The van der Waals surface area contributed by atoms with Gasteiger partial charge in [0.05, 0.1) is 12.2 Å². The average molecular weight is 316 g/mol. The van der Waals surface area contributed by atoms with Gasteiger partial charge in [0.15, 0.2) is 0 Å². The zero-order chi connectivity index (χ0) is 16.6. The molecule has 2 heteroatoms. The van der Waals surface area contributed by atoms with E-state index in [1.807, 2.05) is 0 Å². The van der Waals surface area contributed by atoms with Gasteiger partial charge in [-0.1, -0.05) is 50.1 Å². The summed E-state index contributed by atoms with van der Waals surface area (Å²) in [6.07, 6.45) is 12.5. The lowest BCUT2D eigenvalue weighted by Crippen LogP contribution is -2.33. The van der Waals surface area contributed by atoms with E-state index in [1.54, 1.807) is 5.57 Å². The Balaban J connectivity index is 1.77. The largest absolute Gasteiger partial charge is 0.388 e. The summed E-state index contributed by atoms with van der Waals surface area (Å²) in [5.41, 5.74) is 3.83. The van der Waals surface area contributed by atoms with Gasteiger partial charge in [-0.2, -0.15) is 0 Å². The van der Waals surface area contributed by atoms with Gasteiger partial charge in [-0.05, 0) is 67.8 Å². The Bertz CT molecular complexity index is 514. The summed E-state index contributed by atoms with van der Waals surface area (Å²) in [5.74, 6) is 1.62. The van der Waals surface area contributed by atoms with Gasteiger partial charge in [-0.15, -0.1) is 0 Å². The third-order valence-corrected chi connectivity index (χ3v) is 6.95. The normalized spacial score (nSPS) is 42.9. The monoisotopic (exact) mass is 316 g/mol. The van der Waals surface area contributed by atoms with Crippen LogP contribution in [0.25, 0.3) is 0 Å². The maximum Gasteiger partial charge on any atom is 0.0809 e. The molecule has 128 valence electrons. The van der Waals surface area contributed by atoms with Gasteiger partial charge < -0.3 is 10.2 Å². The zero-order valence-electron chi connectivity index (χ0n) is 14.7. The molecule has 0 bridgehead atoms. The number of fused-ring (bicyclic) bond motifs is 1. The number of aliphatic hydroxyl groups is 2. The van der Waals surface area contributed by atoms with Crippen LogP contribution < -0.4 is 0 Å². The first-order valence-corrected chi connectivity index (χ1v) is 9.39. The van der Waals surface area contributed by atoms with Gasteiger partial charge in [-0.25, -0.2) is 0 Å². The number of aliphatic hydroxyl groups excluding tert-OH is 2. The summed E-state index contributed by atoms with van der Waals surface area (Å²) in [6.45, 7) is 8.64. The molecule has 3 aliphatic carbocycles. The summed E-state index contributed by atoms with van der Waals surface area (Å²) in [4.78, 5) is 0. The fourth-order valence-electron chi connectivity index (χ4n) is 5.44. The Kier molecular flexibility index (Phi) is 4.85. The highest BCUT2D eigenvalue weighted by molar-refractivity contribution is 5.29. The van der Waals surface area contributed by atoms with E-state index in [0.717, 1.165) is 17.4 Å². The fourth-order valence-corrected chi connectivity index (χ4v) is 5.44. The molecule has 5 atom stereocenters. The van der Waals surface area contributed by atoms with Crippen LogP contribution >= 0.6 is 0 Å². The van der Waals surface area contributed by atoms with Crippen LogP contribution in [0.1, 0.15) is 65.2 Å². The van der Waals surface area contributed by atoms with E-state index in [-0.39, 0.29) is 0 Å². The van der Waals surface area contributed by atoms with Crippen LogP contribution in [-0.2, 0) is 0 Å². The van der Waals surface area contributed by atoms with E-state index in [4.69, 9.17) is 0 Å². The van der Waals surface area contributed by atoms with E-state index in [9.17, 15) is 10.2 Å². The van der Waals surface area contributed by atoms with Gasteiger partial charge in [0.2, 0.25) is 0 Å². The van der Waals surface area contributed by atoms with Crippen molar-refractivity contribution in [1.82, 2.24) is 0 Å². The Morgan fingerprint density at radius 1 is 1.17 bits per heavy atom. The van der Waals surface area contributed by atoms with Crippen molar-refractivity contribution in [2.24, 2.45) is 17.3 Å². The highest BCUT2D eigenvalue weighted by Crippen LogP contribution is 2.58. The Morgan fingerprint density at radius 3 is 2.52 bits per heavy atom. The summed E-state index contributed by atoms with van der Waals surface area (Å²) in [7, 11) is 0. The van der Waals surface area contributed by atoms with Crippen LogP contribution in [0, 0.1) is 17.3 Å². The van der Waals surface area contributed by atoms with E-state index in [0.29, 0.717) is 23.8 Å². The highest BCUT2D eigenvalue weighted by atomic mass is 16.3. The molecule has 0 aliphatic heterocycles. The molecule has 3 aliphatic rings. The van der Waals surface area contributed by atoms with Crippen molar-refractivity contribution < 1.29 is 10.2 Å². The molecule has 2 N–H and O–H groups in total. The molecule has 0 saturated heterocycles. The van der Waals surface area contributed by atoms with E-state index in [1.165, 1.54) is 38.5 Å². The van der Waals surface area contributed by atoms with Gasteiger partial charge in [0.1, 0.15) is 0 Å². The summed E-state index contributed by atoms with van der Waals surface area (Å²) in [5, 5.41) is 20.0. The minimum Gasteiger partial charge on any atom is -0.388 e. The van der Waals surface area contributed by atoms with Crippen molar-refractivity contribution in [1.29, 1.82) is 0 Å². The second-order valence-corrected chi connectivity index (χ2v) is 8.18. The molecule has 0 spiro atoms. The third kappa shape index (κ3) is 3.08. The first-order valence-electron chi connectivity index (χ1n) is 9.39. The van der Waals surface area contributed by atoms with Crippen molar-refractivity contribution in [3.63, 3.8) is 0 Å². The molecule has 3 rings (SSSR count). The number of hydrogen-bond donors (Lipinski definition) is 2. The maximum atomic E-state index is 9.99. The summed E-state index contributed by atoms with van der Waals surface area (Å²) < 4.78 is 0. The molecular weight excluding hydrogens is 284 g/mol. The zero-order valence-corrected chi connectivity index (χ0v) is 14.7. The quantitative estimate of drug-likeness (QED) is 0.734. The number of hydrogen-bond acceptors (Lipinski definition) is 2. The number of rotatable bonds is 2. The van der Waals surface area contributed by atoms with E-state index in [2.05, 4.69) is 32.6 Å². The topological polar surface area (TPSA) is 40.5 Å². The average Bonchev–Trinajstić information content (AvgIpc) is 2.87. The Hall–Kier alpha value is -0.860. The van der Waals surface area contributed by atoms with Crippen LogP contribution in [-0.4, -0.2) is 22.4 Å². The highest BCUT2D eigenvalue weighted by Gasteiger charge is 2.48. The Labute approximate surface area is 141 Å². The minimum atomic E-state index is -0.587. The molecule has 0 amide bonds. The molecule has 3 saturated carbocycles. The van der Waals surface area contributed by atoms with Crippen molar-refractivity contribution in [2.45, 2.75) is 77.4 Å². The molecule has 0 heterocycles. The molecule has 0 aromatic carbocycles. The van der Waals surface area contributed by atoms with Gasteiger partial charge in [0.25, 0.3) is 0 Å². The molecular formula is C21H32O2. The summed E-state index contributed by atoms with van der Waals surface area (Å²) in [6, 6.07) is 0. The van der Waals surface area contributed by atoms with Crippen LogP contribution in [0.5, 0.6) is 0 Å². The smallest absolute Gasteiger partial charge is 0.0809 e. The fraction of sp³-hybridized carbons (Fsp3) is 0.714. The van der Waals surface area contributed by atoms with Crippen molar-refractivity contribution in [3.8, 4) is 0 Å². The molecule has 2 nitrogen and oxygen atoms in total. The Morgan fingerprint density at radius 2 is 1.87 bits per heavy atom. The van der Waals surface area contributed by atoms with Gasteiger partial charge in [-0.3, -0.25) is 0 Å². The predicted molar refractivity (Wildman–Crippen MR) is 95.0 cm³/mol. The van der Waals surface area contributed by atoms with Crippen LogP contribution in [0.2, 0.25) is 0 Å². The first kappa shape index (κ1) is 17.0. The molecule has 0 unspecified atom stereocenters. The maximum absolute atomic E-state index is 9.99. The lowest BCUT2D eigenvalue weighted by Gasteiger charge is -2.42. The SMILES string of the molecule is C=C1[C@H](O)CC(=CC=C2CCC[C@]3(C)[C@@H](CC)CC[C@@H]23)C[C@H]1O. The van der Waals surface area contributed by atoms with E-state index < -0.39 is 12.2 Å². The molecule has 0 aromatic rings. The van der Waals surface area contributed by atoms with Gasteiger partial charge in [0, 0.05) is 0 Å². The standard InChI is InChI=1S/C21H32O2/c1-4-17-9-10-18-16(6-5-11-21(17,18)3)8-7-15-12-19(22)14(2)20(23)13-15/h7-8,17-20,22-23H,2,4-6,9-13H2,1,3H3/t17-,18-,19+,20+,21+/m0/s1. The number of allylic oxidation sites excluding steroid dienone is 3. The molecule has 23 heavy (non-hydrogen) atoms. The van der Waals surface area contributed by atoms with Crippen LogP contribution in [0.15, 0.2) is 35.5 Å². The molecule has 0 radical (unpaired) electrons. The summed E-state index contributed by atoms with van der Waals surface area (Å²) >= 11 is 0. The molecule has 3 fully saturated rings. The second kappa shape index (κ2) is 6.57. The third-order valence-electron chi connectivity index (χ3n) is 6.95. The minimum absolute atomic E-state index is 0.497. The lowest BCUT2D eigenvalue weighted by molar-refractivity contribution is 0.123. The molecule has 0 aromatic heterocycles. The van der Waals surface area contributed by atoms with Crippen molar-refractivity contribution in [3.05, 3.63) is 35.5 Å². The van der Waals surface area contributed by atoms with Crippen LogP contribution in [0.3, 0.4) is 0 Å². The van der Waals surface area contributed by atoms with Gasteiger partial charge >= 0.3 is 0 Å². The first-order chi connectivity index (χ1) is 11.0. The lowest BCUT2D eigenvalue weighted by atomic mass is 9.63. The van der Waals surface area contributed by atoms with Crippen molar-refractivity contribution in [2.75, 3.05) is 0 Å². The predicted octanol–water partition coefficient (Wildman–Crippen LogP) is 4.54. The van der Waals surface area contributed by atoms with Crippen LogP contribution in [0.4, 0.5) is 0 Å². The van der Waals surface area contributed by atoms with Crippen molar-refractivity contribution >= 4 is 0 Å².